The molecule has 1 aromatic carbocycles. The summed E-state index contributed by atoms with van der Waals surface area (Å²) in [6.07, 6.45) is 3.65. The molecule has 0 saturated heterocycles. The van der Waals surface area contributed by atoms with Gasteiger partial charge in [0.15, 0.2) is 0 Å². The van der Waals surface area contributed by atoms with Gasteiger partial charge in [0.1, 0.15) is 0 Å². The van der Waals surface area contributed by atoms with Crippen LogP contribution in [-0.4, -0.2) is 6.54 Å². The molecule has 102 valence electrons. The Morgan fingerprint density at radius 2 is 2.00 bits per heavy atom. The molecule has 18 heavy (non-hydrogen) atoms. The average molecular weight is 312 g/mol. The zero-order chi connectivity index (χ0) is 13.5. The van der Waals surface area contributed by atoms with Crippen LogP contribution >= 0.6 is 15.9 Å². The smallest absolute Gasteiger partial charge is 0.0323 e. The summed E-state index contributed by atoms with van der Waals surface area (Å²) in [5.41, 5.74) is 2.71. The minimum absolute atomic E-state index is 0.483. The maximum absolute atomic E-state index is 3.68. The molecule has 0 heterocycles. The van der Waals surface area contributed by atoms with E-state index < -0.39 is 0 Å². The lowest BCUT2D eigenvalue weighted by molar-refractivity contribution is 0.402. The third-order valence-electron chi connectivity index (χ3n) is 3.57. The van der Waals surface area contributed by atoms with E-state index in [0.29, 0.717) is 6.04 Å². The second-order valence-electron chi connectivity index (χ2n) is 5.26. The van der Waals surface area contributed by atoms with Crippen LogP contribution in [0.15, 0.2) is 22.7 Å². The molecule has 1 nitrogen and oxygen atoms in total. The number of nitrogens with one attached hydrogen (secondary N) is 1. The molecule has 0 radical (unpaired) electrons. The van der Waals surface area contributed by atoms with E-state index in [4.69, 9.17) is 0 Å². The van der Waals surface area contributed by atoms with E-state index in [-0.39, 0.29) is 0 Å². The molecule has 0 aliphatic rings. The molecule has 2 heteroatoms. The van der Waals surface area contributed by atoms with Crippen molar-refractivity contribution >= 4 is 15.9 Å². The summed E-state index contributed by atoms with van der Waals surface area (Å²) in [6, 6.07) is 7.22. The van der Waals surface area contributed by atoms with Gasteiger partial charge in [0.2, 0.25) is 0 Å². The van der Waals surface area contributed by atoms with Crippen LogP contribution in [0.1, 0.15) is 57.2 Å². The quantitative estimate of drug-likeness (QED) is 0.726. The Balaban J connectivity index is 2.82. The van der Waals surface area contributed by atoms with E-state index in [1.165, 1.54) is 34.9 Å². The highest BCUT2D eigenvalue weighted by Crippen LogP contribution is 2.27. The van der Waals surface area contributed by atoms with Crippen molar-refractivity contribution in [2.24, 2.45) is 5.92 Å². The first-order valence-corrected chi connectivity index (χ1v) is 7.87. The van der Waals surface area contributed by atoms with E-state index in [2.05, 4.69) is 67.1 Å². The normalized spacial score (nSPS) is 14.5. The minimum atomic E-state index is 0.483. The molecule has 2 unspecified atom stereocenters. The minimum Gasteiger partial charge on any atom is -0.310 e. The summed E-state index contributed by atoms with van der Waals surface area (Å²) in [6.45, 7) is 10.1. The van der Waals surface area contributed by atoms with Crippen LogP contribution in [0.3, 0.4) is 0 Å². The standard InChI is InChI=1S/C16H26BrN/c1-5-9-18-16(10-12(3)6-2)14-8-7-13(4)15(17)11-14/h7-8,11-12,16,18H,5-6,9-10H2,1-4H3. The molecule has 2 atom stereocenters. The van der Waals surface area contributed by atoms with E-state index >= 15 is 0 Å². The Kier molecular flexibility index (Phi) is 6.95. The fourth-order valence-electron chi connectivity index (χ4n) is 2.05. The van der Waals surface area contributed by atoms with Gasteiger partial charge in [0.25, 0.3) is 0 Å². The van der Waals surface area contributed by atoms with Gasteiger partial charge >= 0.3 is 0 Å². The zero-order valence-corrected chi connectivity index (χ0v) is 13.7. The maximum atomic E-state index is 3.68. The number of benzene rings is 1. The molecule has 0 spiro atoms. The first-order valence-electron chi connectivity index (χ1n) is 7.07. The van der Waals surface area contributed by atoms with Gasteiger partial charge in [-0.3, -0.25) is 0 Å². The second-order valence-corrected chi connectivity index (χ2v) is 6.12. The van der Waals surface area contributed by atoms with Crippen molar-refractivity contribution in [3.8, 4) is 0 Å². The number of rotatable bonds is 7. The number of hydrogen-bond donors (Lipinski definition) is 1. The third kappa shape index (κ3) is 4.74. The zero-order valence-electron chi connectivity index (χ0n) is 12.1. The van der Waals surface area contributed by atoms with Crippen LogP contribution in [-0.2, 0) is 0 Å². The van der Waals surface area contributed by atoms with E-state index in [0.717, 1.165) is 12.5 Å². The van der Waals surface area contributed by atoms with E-state index in [9.17, 15) is 0 Å². The number of hydrogen-bond acceptors (Lipinski definition) is 1. The molecule has 1 aromatic rings. The number of aryl methyl sites for hydroxylation is 1. The van der Waals surface area contributed by atoms with Gasteiger partial charge < -0.3 is 5.32 Å². The Labute approximate surface area is 120 Å². The highest BCUT2D eigenvalue weighted by atomic mass is 79.9. The Bertz CT molecular complexity index is 362. The van der Waals surface area contributed by atoms with Crippen LogP contribution in [0, 0.1) is 12.8 Å². The van der Waals surface area contributed by atoms with Gasteiger partial charge in [-0.05, 0) is 49.4 Å². The summed E-state index contributed by atoms with van der Waals surface area (Å²) in [5, 5.41) is 3.68. The van der Waals surface area contributed by atoms with E-state index in [1.807, 2.05) is 0 Å². The summed E-state index contributed by atoms with van der Waals surface area (Å²) < 4.78 is 1.22. The Morgan fingerprint density at radius 3 is 2.56 bits per heavy atom. The molecule has 0 aliphatic heterocycles. The van der Waals surface area contributed by atoms with Gasteiger partial charge in [-0.2, -0.15) is 0 Å². The largest absolute Gasteiger partial charge is 0.310 e. The number of halogens is 1. The molecule has 0 fully saturated rings. The lowest BCUT2D eigenvalue weighted by Gasteiger charge is -2.22. The lowest BCUT2D eigenvalue weighted by atomic mass is 9.93. The predicted molar refractivity (Wildman–Crippen MR) is 84.0 cm³/mol. The van der Waals surface area contributed by atoms with Crippen molar-refractivity contribution < 1.29 is 0 Å². The predicted octanol–water partition coefficient (Wildman–Crippen LogP) is 5.23. The van der Waals surface area contributed by atoms with Gasteiger partial charge in [0, 0.05) is 10.5 Å². The molecular formula is C16H26BrN. The highest BCUT2D eigenvalue weighted by molar-refractivity contribution is 9.10. The molecule has 0 aromatic heterocycles. The van der Waals surface area contributed by atoms with Crippen molar-refractivity contribution in [3.63, 3.8) is 0 Å². The van der Waals surface area contributed by atoms with Crippen molar-refractivity contribution in [2.75, 3.05) is 6.54 Å². The van der Waals surface area contributed by atoms with Crippen molar-refractivity contribution in [1.29, 1.82) is 0 Å². The molecular weight excluding hydrogens is 286 g/mol. The van der Waals surface area contributed by atoms with Gasteiger partial charge in [-0.25, -0.2) is 0 Å². The average Bonchev–Trinajstić information content (AvgIpc) is 2.37. The first-order chi connectivity index (χ1) is 8.58. The summed E-state index contributed by atoms with van der Waals surface area (Å²) in [4.78, 5) is 0. The molecule has 1 N–H and O–H groups in total. The van der Waals surface area contributed by atoms with Crippen molar-refractivity contribution in [2.45, 2.75) is 53.0 Å². The topological polar surface area (TPSA) is 12.0 Å². The van der Waals surface area contributed by atoms with E-state index in [1.54, 1.807) is 0 Å². The molecule has 0 aliphatic carbocycles. The van der Waals surface area contributed by atoms with Crippen LogP contribution in [0.5, 0.6) is 0 Å². The maximum Gasteiger partial charge on any atom is 0.0323 e. The lowest BCUT2D eigenvalue weighted by Crippen LogP contribution is -2.24. The highest BCUT2D eigenvalue weighted by Gasteiger charge is 2.14. The fourth-order valence-corrected chi connectivity index (χ4v) is 2.45. The SMILES string of the molecule is CCCNC(CC(C)CC)c1ccc(C)c(Br)c1. The molecule has 1 rings (SSSR count). The van der Waals surface area contributed by atoms with Gasteiger partial charge in [-0.1, -0.05) is 55.3 Å². The fraction of sp³-hybridized carbons (Fsp3) is 0.625. The third-order valence-corrected chi connectivity index (χ3v) is 4.43. The Morgan fingerprint density at radius 1 is 1.28 bits per heavy atom. The van der Waals surface area contributed by atoms with Crippen LogP contribution < -0.4 is 5.32 Å². The van der Waals surface area contributed by atoms with Crippen LogP contribution in [0.4, 0.5) is 0 Å². The molecule has 0 bridgehead atoms. The van der Waals surface area contributed by atoms with Crippen LogP contribution in [0.25, 0.3) is 0 Å². The Hall–Kier alpha value is -0.340. The van der Waals surface area contributed by atoms with Gasteiger partial charge in [0.05, 0.1) is 0 Å². The molecule has 0 saturated carbocycles. The van der Waals surface area contributed by atoms with Gasteiger partial charge in [-0.15, -0.1) is 0 Å². The van der Waals surface area contributed by atoms with Crippen molar-refractivity contribution in [3.05, 3.63) is 33.8 Å². The summed E-state index contributed by atoms with van der Waals surface area (Å²) >= 11 is 3.64. The summed E-state index contributed by atoms with van der Waals surface area (Å²) in [5.74, 6) is 0.763. The second kappa shape index (κ2) is 7.96. The monoisotopic (exact) mass is 311 g/mol. The van der Waals surface area contributed by atoms with Crippen molar-refractivity contribution in [1.82, 2.24) is 5.32 Å². The molecule has 0 amide bonds. The summed E-state index contributed by atoms with van der Waals surface area (Å²) in [7, 11) is 0. The van der Waals surface area contributed by atoms with Crippen LogP contribution in [0.2, 0.25) is 0 Å². The first kappa shape index (κ1) is 15.7.